The molecule has 0 aliphatic rings. The normalized spacial score (nSPS) is 9.00. The average Bonchev–Trinajstić information content (AvgIpc) is 2.24. The quantitative estimate of drug-likeness (QED) is 0.697. The zero-order valence-corrected chi connectivity index (χ0v) is 7.93. The maximum Gasteiger partial charge on any atom is 0.404 e. The minimum Gasteiger partial charge on any atom is -0.448 e. The summed E-state index contributed by atoms with van der Waals surface area (Å²) in [4.78, 5) is 14.0. The van der Waals surface area contributed by atoms with Crippen molar-refractivity contribution < 1.29 is 9.53 Å². The van der Waals surface area contributed by atoms with Crippen LogP contribution in [-0.4, -0.2) is 24.2 Å². The van der Waals surface area contributed by atoms with Crippen LogP contribution in [0, 0.1) is 11.3 Å². The molecule has 0 unspecified atom stereocenters. The Kier molecular flexibility index (Phi) is 3.91. The molecule has 0 saturated carbocycles. The van der Waals surface area contributed by atoms with Crippen LogP contribution in [0.4, 0.5) is 10.5 Å². The molecule has 3 N–H and O–H groups in total. The second kappa shape index (κ2) is 5.44. The van der Waals surface area contributed by atoms with E-state index in [1.165, 1.54) is 6.20 Å². The Balaban J connectivity index is 2.38. The van der Waals surface area contributed by atoms with Crippen molar-refractivity contribution in [2.24, 2.45) is 5.73 Å². The monoisotopic (exact) mass is 206 g/mol. The fraction of sp³-hybridized carbons (Fsp3) is 0.222. The molecule has 6 heteroatoms. The van der Waals surface area contributed by atoms with Gasteiger partial charge in [0.15, 0.2) is 0 Å². The number of nitrogens with one attached hydrogen (secondary N) is 1. The van der Waals surface area contributed by atoms with Crippen LogP contribution in [0.25, 0.3) is 0 Å². The zero-order valence-electron chi connectivity index (χ0n) is 7.93. The third-order valence-electron chi connectivity index (χ3n) is 1.55. The van der Waals surface area contributed by atoms with Crippen molar-refractivity contribution in [1.82, 2.24) is 4.98 Å². The molecule has 1 rings (SSSR count). The number of pyridine rings is 1. The molecule has 0 aliphatic heterocycles. The average molecular weight is 206 g/mol. The van der Waals surface area contributed by atoms with Gasteiger partial charge in [0, 0.05) is 18.4 Å². The predicted octanol–water partition coefficient (Wildman–Crippen LogP) is 0.460. The molecule has 0 spiro atoms. The molecule has 0 aliphatic carbocycles. The number of aromatic nitrogens is 1. The summed E-state index contributed by atoms with van der Waals surface area (Å²) in [5.74, 6) is 0. The van der Waals surface area contributed by atoms with Crippen molar-refractivity contribution >= 4 is 11.8 Å². The van der Waals surface area contributed by atoms with E-state index in [4.69, 9.17) is 11.0 Å². The lowest BCUT2D eigenvalue weighted by molar-refractivity contribution is 0.161. The summed E-state index contributed by atoms with van der Waals surface area (Å²) >= 11 is 0. The topological polar surface area (TPSA) is 101 Å². The lowest BCUT2D eigenvalue weighted by Gasteiger charge is -2.05. The maximum absolute atomic E-state index is 10.2. The number of anilines is 1. The molecular formula is C9H10N4O2. The highest BCUT2D eigenvalue weighted by atomic mass is 16.5. The van der Waals surface area contributed by atoms with Gasteiger partial charge < -0.3 is 15.8 Å². The van der Waals surface area contributed by atoms with E-state index in [0.717, 1.165) is 5.69 Å². The minimum absolute atomic E-state index is 0.180. The summed E-state index contributed by atoms with van der Waals surface area (Å²) < 4.78 is 4.52. The fourth-order valence-corrected chi connectivity index (χ4v) is 0.949. The smallest absolute Gasteiger partial charge is 0.404 e. The molecule has 1 aromatic heterocycles. The first-order valence-corrected chi connectivity index (χ1v) is 4.24. The molecule has 1 amide bonds. The van der Waals surface area contributed by atoms with Crippen LogP contribution < -0.4 is 11.1 Å². The second-order valence-electron chi connectivity index (χ2n) is 2.64. The molecule has 0 radical (unpaired) electrons. The highest BCUT2D eigenvalue weighted by Crippen LogP contribution is 2.06. The lowest BCUT2D eigenvalue weighted by atomic mass is 10.3. The van der Waals surface area contributed by atoms with Gasteiger partial charge in [-0.15, -0.1) is 0 Å². The number of nitriles is 1. The second-order valence-corrected chi connectivity index (χ2v) is 2.64. The SMILES string of the molecule is N#Cc1cc(NCCOC(N)=O)ccn1. The molecule has 0 saturated heterocycles. The van der Waals surface area contributed by atoms with E-state index < -0.39 is 6.09 Å². The van der Waals surface area contributed by atoms with E-state index in [1.54, 1.807) is 12.1 Å². The predicted molar refractivity (Wildman–Crippen MR) is 53.0 cm³/mol. The number of ether oxygens (including phenoxy) is 1. The van der Waals surface area contributed by atoms with Crippen LogP contribution >= 0.6 is 0 Å². The number of primary amides is 1. The van der Waals surface area contributed by atoms with Crippen molar-refractivity contribution in [3.05, 3.63) is 24.0 Å². The first kappa shape index (κ1) is 10.8. The maximum atomic E-state index is 10.2. The van der Waals surface area contributed by atoms with Gasteiger partial charge in [-0.3, -0.25) is 0 Å². The summed E-state index contributed by atoms with van der Waals surface area (Å²) in [6.45, 7) is 0.608. The lowest BCUT2D eigenvalue weighted by Crippen LogP contribution is -2.18. The Morgan fingerprint density at radius 3 is 3.20 bits per heavy atom. The number of nitrogens with zero attached hydrogens (tertiary/aromatic N) is 2. The first-order valence-electron chi connectivity index (χ1n) is 4.24. The molecule has 6 nitrogen and oxygen atoms in total. The number of carbonyl (C=O) groups excluding carboxylic acids is 1. The van der Waals surface area contributed by atoms with Crippen LogP contribution in [0.1, 0.15) is 5.69 Å². The number of nitrogens with two attached hydrogens (primary N) is 1. The molecule has 15 heavy (non-hydrogen) atoms. The Bertz CT molecular complexity index is 386. The number of amides is 1. The fourth-order valence-electron chi connectivity index (χ4n) is 0.949. The molecule has 1 aromatic rings. The van der Waals surface area contributed by atoms with E-state index in [2.05, 4.69) is 15.0 Å². The van der Waals surface area contributed by atoms with Gasteiger partial charge in [-0.1, -0.05) is 0 Å². The van der Waals surface area contributed by atoms with E-state index in [1.807, 2.05) is 6.07 Å². The third kappa shape index (κ3) is 3.95. The summed E-state index contributed by atoms with van der Waals surface area (Å²) in [6, 6.07) is 5.23. The number of hydrogen-bond acceptors (Lipinski definition) is 5. The van der Waals surface area contributed by atoms with Crippen LogP contribution in [-0.2, 0) is 4.74 Å². The van der Waals surface area contributed by atoms with E-state index in [9.17, 15) is 4.79 Å². The van der Waals surface area contributed by atoms with Gasteiger partial charge in [-0.25, -0.2) is 9.78 Å². The van der Waals surface area contributed by atoms with Crippen LogP contribution in [0.15, 0.2) is 18.3 Å². The summed E-state index contributed by atoms with van der Waals surface area (Å²) in [5, 5.41) is 11.5. The molecule has 0 fully saturated rings. The Morgan fingerprint density at radius 1 is 1.73 bits per heavy atom. The third-order valence-corrected chi connectivity index (χ3v) is 1.55. The highest BCUT2D eigenvalue weighted by molar-refractivity contribution is 5.64. The zero-order chi connectivity index (χ0) is 11.1. The molecule has 78 valence electrons. The molecule has 1 heterocycles. The molecule has 0 aromatic carbocycles. The van der Waals surface area contributed by atoms with Gasteiger partial charge in [0.2, 0.25) is 0 Å². The molecule has 0 atom stereocenters. The van der Waals surface area contributed by atoms with Gasteiger partial charge in [0.05, 0.1) is 0 Å². The van der Waals surface area contributed by atoms with E-state index in [-0.39, 0.29) is 6.61 Å². The summed E-state index contributed by atoms with van der Waals surface area (Å²) in [6.07, 6.45) is 0.722. The van der Waals surface area contributed by atoms with Gasteiger partial charge in [0.25, 0.3) is 0 Å². The molecular weight excluding hydrogens is 196 g/mol. The first-order chi connectivity index (χ1) is 7.22. The van der Waals surface area contributed by atoms with Crippen molar-refractivity contribution in [1.29, 1.82) is 5.26 Å². The summed E-state index contributed by atoms with van der Waals surface area (Å²) in [7, 11) is 0. The standard InChI is InChI=1S/C9H10N4O2/c10-6-8-5-7(1-2-12-8)13-3-4-15-9(11)14/h1-2,5H,3-4H2,(H2,11,14)(H,12,13). The number of carbonyl (C=O) groups is 1. The van der Waals surface area contributed by atoms with Crippen LogP contribution in [0.5, 0.6) is 0 Å². The van der Waals surface area contributed by atoms with Crippen molar-refractivity contribution in [2.75, 3.05) is 18.5 Å². The minimum atomic E-state index is -0.802. The van der Waals surface area contributed by atoms with Gasteiger partial charge in [-0.05, 0) is 12.1 Å². The van der Waals surface area contributed by atoms with Crippen molar-refractivity contribution in [3.8, 4) is 6.07 Å². The van der Waals surface area contributed by atoms with Gasteiger partial charge in [-0.2, -0.15) is 5.26 Å². The van der Waals surface area contributed by atoms with E-state index >= 15 is 0 Å². The van der Waals surface area contributed by atoms with Gasteiger partial charge in [0.1, 0.15) is 18.4 Å². The van der Waals surface area contributed by atoms with E-state index in [0.29, 0.717) is 12.2 Å². The number of rotatable bonds is 4. The number of hydrogen-bond donors (Lipinski definition) is 2. The van der Waals surface area contributed by atoms with Crippen molar-refractivity contribution in [2.45, 2.75) is 0 Å². The summed E-state index contributed by atoms with van der Waals surface area (Å²) in [5.41, 5.74) is 5.85. The Morgan fingerprint density at radius 2 is 2.53 bits per heavy atom. The Hall–Kier alpha value is -2.29. The Labute approximate surface area is 86.7 Å². The largest absolute Gasteiger partial charge is 0.448 e. The molecule has 0 bridgehead atoms. The van der Waals surface area contributed by atoms with Crippen LogP contribution in [0.2, 0.25) is 0 Å². The van der Waals surface area contributed by atoms with Crippen LogP contribution in [0.3, 0.4) is 0 Å². The highest BCUT2D eigenvalue weighted by Gasteiger charge is 1.96. The van der Waals surface area contributed by atoms with Gasteiger partial charge >= 0.3 is 6.09 Å². The van der Waals surface area contributed by atoms with Crippen molar-refractivity contribution in [3.63, 3.8) is 0 Å².